The van der Waals surface area contributed by atoms with Crippen LogP contribution in [0.1, 0.15) is 18.1 Å². The number of fused-ring (bicyclic) bond motifs is 1. The Morgan fingerprint density at radius 3 is 2.79 bits per heavy atom. The van der Waals surface area contributed by atoms with Crippen LogP contribution in [0.5, 0.6) is 0 Å². The smallest absolute Gasteiger partial charge is 0.0940 e. The first kappa shape index (κ1) is 10.5. The second kappa shape index (κ2) is 4.21. The molecule has 0 fully saturated rings. The highest BCUT2D eigenvalue weighted by molar-refractivity contribution is 9.08. The van der Waals surface area contributed by atoms with Gasteiger partial charge in [0.1, 0.15) is 0 Å². The molecule has 0 atom stereocenters. The number of rotatable bonds is 2. The third kappa shape index (κ3) is 1.83. The molecule has 0 unspecified atom stereocenters. The highest BCUT2D eigenvalue weighted by atomic mass is 79.9. The molecule has 3 heteroatoms. The molecule has 0 saturated heterocycles. The first-order chi connectivity index (χ1) is 6.74. The average molecular weight is 290 g/mol. The maximum atomic E-state index is 6.01. The lowest BCUT2D eigenvalue weighted by atomic mass is 10.1. The molecule has 0 spiro atoms. The zero-order chi connectivity index (χ0) is 10.1. The van der Waals surface area contributed by atoms with E-state index in [-0.39, 0.29) is 0 Å². The predicted octanol–water partition coefficient (Wildman–Crippen LogP) is 5.01. The van der Waals surface area contributed by atoms with Gasteiger partial charge in [-0.2, -0.15) is 0 Å². The summed E-state index contributed by atoms with van der Waals surface area (Å²) in [6.07, 6.45) is 1.06. The molecule has 0 aliphatic carbocycles. The highest BCUT2D eigenvalue weighted by Crippen LogP contribution is 2.33. The number of halogens is 2. The molecular weight excluding hydrogens is 280 g/mol. The summed E-state index contributed by atoms with van der Waals surface area (Å²) in [5.74, 6) is 0. The van der Waals surface area contributed by atoms with Gasteiger partial charge in [0, 0.05) is 10.0 Å². The zero-order valence-electron chi connectivity index (χ0n) is 7.81. The van der Waals surface area contributed by atoms with Crippen LogP contribution < -0.4 is 0 Å². The minimum atomic E-state index is 0.876. The van der Waals surface area contributed by atoms with Crippen molar-refractivity contribution in [2.75, 3.05) is 0 Å². The molecule has 0 N–H and O–H groups in total. The molecule has 1 aromatic carbocycles. The quantitative estimate of drug-likeness (QED) is 0.682. The molecule has 0 radical (unpaired) electrons. The normalized spacial score (nSPS) is 11.1. The van der Waals surface area contributed by atoms with Crippen molar-refractivity contribution >= 4 is 49.0 Å². The van der Waals surface area contributed by atoms with Crippen LogP contribution in [0.2, 0.25) is 4.34 Å². The highest BCUT2D eigenvalue weighted by Gasteiger charge is 2.05. The van der Waals surface area contributed by atoms with E-state index in [0.29, 0.717) is 0 Å². The van der Waals surface area contributed by atoms with Gasteiger partial charge in [0.05, 0.1) is 4.34 Å². The van der Waals surface area contributed by atoms with E-state index in [1.165, 1.54) is 21.2 Å². The number of hydrogen-bond donors (Lipinski definition) is 0. The van der Waals surface area contributed by atoms with Crippen molar-refractivity contribution in [3.8, 4) is 0 Å². The van der Waals surface area contributed by atoms with Gasteiger partial charge in [-0.1, -0.05) is 40.5 Å². The minimum Gasteiger partial charge on any atom is -0.123 e. The van der Waals surface area contributed by atoms with E-state index in [9.17, 15) is 0 Å². The summed E-state index contributed by atoms with van der Waals surface area (Å²) in [6.45, 7) is 2.18. The molecule has 1 aromatic heterocycles. The fourth-order valence-corrected chi connectivity index (χ4v) is 3.19. The van der Waals surface area contributed by atoms with Crippen LogP contribution in [0.3, 0.4) is 0 Å². The Hall–Kier alpha value is -0.0500. The van der Waals surface area contributed by atoms with Crippen LogP contribution in [0.4, 0.5) is 0 Å². The maximum Gasteiger partial charge on any atom is 0.0940 e. The van der Waals surface area contributed by atoms with Crippen molar-refractivity contribution in [1.29, 1.82) is 0 Å². The van der Waals surface area contributed by atoms with Gasteiger partial charge in [-0.3, -0.25) is 0 Å². The van der Waals surface area contributed by atoms with Crippen LogP contribution in [0, 0.1) is 0 Å². The molecule has 0 aliphatic rings. The minimum absolute atomic E-state index is 0.876. The van der Waals surface area contributed by atoms with Crippen LogP contribution >= 0.6 is 38.9 Å². The lowest BCUT2D eigenvalue weighted by Gasteiger charge is -2.02. The number of benzene rings is 1. The van der Waals surface area contributed by atoms with E-state index in [1.807, 2.05) is 0 Å². The molecule has 0 bridgehead atoms. The second-order valence-electron chi connectivity index (χ2n) is 3.20. The number of alkyl halides is 1. The third-order valence-corrected chi connectivity index (χ3v) is 4.15. The van der Waals surface area contributed by atoms with Gasteiger partial charge in [0.25, 0.3) is 0 Å². The third-order valence-electron chi connectivity index (χ3n) is 2.29. The van der Waals surface area contributed by atoms with Crippen LogP contribution in [-0.4, -0.2) is 0 Å². The number of hydrogen-bond acceptors (Lipinski definition) is 1. The molecule has 0 aliphatic heterocycles. The van der Waals surface area contributed by atoms with Crippen molar-refractivity contribution in [1.82, 2.24) is 0 Å². The van der Waals surface area contributed by atoms with Crippen molar-refractivity contribution in [2.45, 2.75) is 18.7 Å². The van der Waals surface area contributed by atoms with Crippen LogP contribution in [0.25, 0.3) is 10.1 Å². The Labute approximate surface area is 101 Å². The summed E-state index contributed by atoms with van der Waals surface area (Å²) in [7, 11) is 0. The fourth-order valence-electron chi connectivity index (χ4n) is 1.61. The second-order valence-corrected chi connectivity index (χ2v) is 5.48. The summed E-state index contributed by atoms with van der Waals surface area (Å²) in [4.78, 5) is 0. The molecule has 1 heterocycles. The molecule has 2 rings (SSSR count). The molecule has 0 amide bonds. The standard InChI is InChI=1S/C11H10BrClS/c1-2-8-3-7(6-12)4-10-9(8)5-11(13)14-10/h3-5H,2,6H2,1H3. The number of aryl methyl sites for hydroxylation is 1. The van der Waals surface area contributed by atoms with E-state index in [1.54, 1.807) is 11.3 Å². The molecule has 2 aromatic rings. The van der Waals surface area contributed by atoms with Gasteiger partial charge >= 0.3 is 0 Å². The number of thiophene rings is 1. The van der Waals surface area contributed by atoms with E-state index in [2.05, 4.69) is 41.1 Å². The van der Waals surface area contributed by atoms with E-state index < -0.39 is 0 Å². The van der Waals surface area contributed by atoms with Crippen molar-refractivity contribution < 1.29 is 0 Å². The summed E-state index contributed by atoms with van der Waals surface area (Å²) in [6, 6.07) is 6.53. The van der Waals surface area contributed by atoms with Gasteiger partial charge in [-0.25, -0.2) is 0 Å². The average Bonchev–Trinajstić information content (AvgIpc) is 2.56. The van der Waals surface area contributed by atoms with Crippen molar-refractivity contribution in [2.24, 2.45) is 0 Å². The van der Waals surface area contributed by atoms with Crippen LogP contribution in [0.15, 0.2) is 18.2 Å². The molecule has 14 heavy (non-hydrogen) atoms. The first-order valence-corrected chi connectivity index (χ1v) is 6.83. The lowest BCUT2D eigenvalue weighted by Crippen LogP contribution is -1.84. The van der Waals surface area contributed by atoms with Crippen molar-refractivity contribution in [3.05, 3.63) is 33.7 Å². The Morgan fingerprint density at radius 1 is 1.36 bits per heavy atom. The van der Waals surface area contributed by atoms with Crippen LogP contribution in [-0.2, 0) is 11.8 Å². The maximum absolute atomic E-state index is 6.01. The van der Waals surface area contributed by atoms with Crippen molar-refractivity contribution in [3.63, 3.8) is 0 Å². The van der Waals surface area contributed by atoms with Gasteiger partial charge in [0.2, 0.25) is 0 Å². The Morgan fingerprint density at radius 2 is 2.14 bits per heavy atom. The largest absolute Gasteiger partial charge is 0.123 e. The molecule has 74 valence electrons. The molecule has 0 nitrogen and oxygen atoms in total. The monoisotopic (exact) mass is 288 g/mol. The van der Waals surface area contributed by atoms with E-state index >= 15 is 0 Å². The Bertz CT molecular complexity index is 462. The van der Waals surface area contributed by atoms with Gasteiger partial charge in [-0.05, 0) is 35.1 Å². The van der Waals surface area contributed by atoms with Gasteiger partial charge in [0.15, 0.2) is 0 Å². The predicted molar refractivity (Wildman–Crippen MR) is 68.8 cm³/mol. The van der Waals surface area contributed by atoms with E-state index in [0.717, 1.165) is 16.1 Å². The SMILES string of the molecule is CCc1cc(CBr)cc2sc(Cl)cc12. The summed E-state index contributed by atoms with van der Waals surface area (Å²) in [5, 5.41) is 2.22. The topological polar surface area (TPSA) is 0 Å². The molecule has 0 saturated carbocycles. The Kier molecular flexibility index (Phi) is 3.15. The van der Waals surface area contributed by atoms with Gasteiger partial charge in [-0.15, -0.1) is 11.3 Å². The summed E-state index contributed by atoms with van der Waals surface area (Å²) >= 11 is 11.2. The zero-order valence-corrected chi connectivity index (χ0v) is 11.0. The van der Waals surface area contributed by atoms with E-state index in [4.69, 9.17) is 11.6 Å². The molecular formula is C11H10BrClS. The lowest BCUT2D eigenvalue weighted by molar-refractivity contribution is 1.15. The summed E-state index contributed by atoms with van der Waals surface area (Å²) < 4.78 is 2.17. The first-order valence-electron chi connectivity index (χ1n) is 4.51. The Balaban J connectivity index is 2.72. The summed E-state index contributed by atoms with van der Waals surface area (Å²) in [5.41, 5.74) is 2.72. The fraction of sp³-hybridized carbons (Fsp3) is 0.273. The van der Waals surface area contributed by atoms with Gasteiger partial charge < -0.3 is 0 Å².